The van der Waals surface area contributed by atoms with Crippen LogP contribution in [0.5, 0.6) is 11.5 Å². The molecule has 0 saturated carbocycles. The molecular formula is C20H13F6NO4S. The summed E-state index contributed by atoms with van der Waals surface area (Å²) in [4.78, 5) is -0.131. The number of hydrogen-bond acceptors (Lipinski definition) is 4. The van der Waals surface area contributed by atoms with E-state index >= 15 is 0 Å². The Morgan fingerprint density at radius 1 is 0.594 bits per heavy atom. The van der Waals surface area contributed by atoms with E-state index in [0.29, 0.717) is 11.1 Å². The molecule has 3 aromatic carbocycles. The van der Waals surface area contributed by atoms with Gasteiger partial charge in [-0.1, -0.05) is 24.3 Å². The lowest BCUT2D eigenvalue weighted by Gasteiger charge is -2.12. The summed E-state index contributed by atoms with van der Waals surface area (Å²) in [5.74, 6) is -0.896. The summed E-state index contributed by atoms with van der Waals surface area (Å²) in [5, 5.41) is 0. The minimum absolute atomic E-state index is 0.0175. The predicted octanol–water partition coefficient (Wildman–Crippen LogP) is 5.95. The van der Waals surface area contributed by atoms with Crippen molar-refractivity contribution in [1.82, 2.24) is 0 Å². The second-order valence-electron chi connectivity index (χ2n) is 6.27. The Hall–Kier alpha value is -3.41. The lowest BCUT2D eigenvalue weighted by Crippen LogP contribution is -2.17. The predicted molar refractivity (Wildman–Crippen MR) is 102 cm³/mol. The Morgan fingerprint density at radius 2 is 0.969 bits per heavy atom. The number of anilines is 1. The Balaban J connectivity index is 1.70. The third kappa shape index (κ3) is 6.54. The van der Waals surface area contributed by atoms with E-state index in [1.807, 2.05) is 0 Å². The second kappa shape index (κ2) is 8.61. The van der Waals surface area contributed by atoms with E-state index < -0.39 is 34.2 Å². The zero-order chi connectivity index (χ0) is 23.6. The molecule has 0 aromatic heterocycles. The van der Waals surface area contributed by atoms with Crippen molar-refractivity contribution in [1.29, 1.82) is 0 Å². The number of halogens is 6. The molecule has 5 nitrogen and oxygen atoms in total. The fraction of sp³-hybridized carbons (Fsp3) is 0.100. The lowest BCUT2D eigenvalue weighted by molar-refractivity contribution is -0.275. The van der Waals surface area contributed by atoms with Gasteiger partial charge in [-0.3, -0.25) is 4.72 Å². The molecule has 0 radical (unpaired) electrons. The molecule has 0 fully saturated rings. The van der Waals surface area contributed by atoms with Gasteiger partial charge in [0.2, 0.25) is 0 Å². The zero-order valence-electron chi connectivity index (χ0n) is 15.7. The van der Waals surface area contributed by atoms with E-state index in [4.69, 9.17) is 0 Å². The van der Waals surface area contributed by atoms with E-state index in [9.17, 15) is 34.8 Å². The fourth-order valence-electron chi connectivity index (χ4n) is 2.61. The van der Waals surface area contributed by atoms with Gasteiger partial charge in [-0.15, -0.1) is 26.3 Å². The van der Waals surface area contributed by atoms with Gasteiger partial charge >= 0.3 is 12.7 Å². The largest absolute Gasteiger partial charge is 0.573 e. The molecule has 170 valence electrons. The third-order valence-electron chi connectivity index (χ3n) is 3.93. The normalized spacial score (nSPS) is 12.3. The molecule has 32 heavy (non-hydrogen) atoms. The van der Waals surface area contributed by atoms with Crippen LogP contribution in [-0.2, 0) is 10.0 Å². The number of alkyl halides is 6. The van der Waals surface area contributed by atoms with Gasteiger partial charge in [0.25, 0.3) is 10.0 Å². The molecule has 0 amide bonds. The quantitative estimate of drug-likeness (QED) is 0.446. The van der Waals surface area contributed by atoms with Crippen molar-refractivity contribution in [2.24, 2.45) is 0 Å². The topological polar surface area (TPSA) is 64.6 Å². The molecule has 0 aliphatic carbocycles. The number of rotatable bonds is 6. The summed E-state index contributed by atoms with van der Waals surface area (Å²) in [5.41, 5.74) is 1.08. The summed E-state index contributed by atoms with van der Waals surface area (Å²) in [6.07, 6.45) is -9.68. The van der Waals surface area contributed by atoms with Crippen LogP contribution < -0.4 is 14.2 Å². The summed E-state index contributed by atoms with van der Waals surface area (Å²) >= 11 is 0. The molecule has 1 N–H and O–H groups in total. The fourth-order valence-corrected chi connectivity index (χ4v) is 3.67. The first-order valence-electron chi connectivity index (χ1n) is 8.66. The van der Waals surface area contributed by atoms with E-state index in [1.54, 1.807) is 0 Å². The SMILES string of the molecule is O=S(=O)(Nc1ccc(OC(F)(F)F)cc1)c1ccc(-c2ccc(OC(F)(F)F)cc2)cc1. The molecule has 0 spiro atoms. The highest BCUT2D eigenvalue weighted by molar-refractivity contribution is 7.92. The van der Waals surface area contributed by atoms with Crippen molar-refractivity contribution < 1.29 is 44.2 Å². The van der Waals surface area contributed by atoms with Crippen LogP contribution in [-0.4, -0.2) is 21.1 Å². The Morgan fingerprint density at radius 3 is 1.38 bits per heavy atom. The molecule has 0 heterocycles. The van der Waals surface area contributed by atoms with Crippen molar-refractivity contribution in [3.05, 3.63) is 72.8 Å². The number of sulfonamides is 1. The van der Waals surface area contributed by atoms with Gasteiger partial charge in [0, 0.05) is 5.69 Å². The molecule has 0 unspecified atom stereocenters. The van der Waals surface area contributed by atoms with Crippen LogP contribution in [0.15, 0.2) is 77.7 Å². The number of ether oxygens (including phenoxy) is 2. The Kier molecular flexibility index (Phi) is 6.26. The number of hydrogen-bond donors (Lipinski definition) is 1. The van der Waals surface area contributed by atoms with Crippen LogP contribution in [0.1, 0.15) is 0 Å². The van der Waals surface area contributed by atoms with Gasteiger partial charge in [0.1, 0.15) is 11.5 Å². The van der Waals surface area contributed by atoms with Crippen molar-refractivity contribution >= 4 is 15.7 Å². The third-order valence-corrected chi connectivity index (χ3v) is 5.32. The van der Waals surface area contributed by atoms with Gasteiger partial charge in [0.05, 0.1) is 4.90 Å². The molecule has 3 aromatic rings. The first-order valence-corrected chi connectivity index (χ1v) is 10.1. The van der Waals surface area contributed by atoms with Crippen LogP contribution in [0.3, 0.4) is 0 Å². The highest BCUT2D eigenvalue weighted by Crippen LogP contribution is 2.28. The minimum Gasteiger partial charge on any atom is -0.406 e. The lowest BCUT2D eigenvalue weighted by atomic mass is 10.1. The summed E-state index contributed by atoms with van der Waals surface area (Å²) in [6, 6.07) is 14.6. The number of benzene rings is 3. The van der Waals surface area contributed by atoms with E-state index in [0.717, 1.165) is 36.4 Å². The molecule has 0 atom stereocenters. The first kappa shape index (κ1) is 23.3. The van der Waals surface area contributed by atoms with Crippen LogP contribution in [0, 0.1) is 0 Å². The maximum Gasteiger partial charge on any atom is 0.573 e. The average Bonchev–Trinajstić information content (AvgIpc) is 2.68. The van der Waals surface area contributed by atoms with Gasteiger partial charge in [-0.2, -0.15) is 0 Å². The maximum absolute atomic E-state index is 12.5. The van der Waals surface area contributed by atoms with E-state index in [1.165, 1.54) is 36.4 Å². The molecule has 3 rings (SSSR count). The summed E-state index contributed by atoms with van der Waals surface area (Å²) in [7, 11) is -4.05. The van der Waals surface area contributed by atoms with E-state index in [2.05, 4.69) is 14.2 Å². The standard InChI is InChI=1S/C20H13F6NO4S/c21-19(22,23)30-16-7-1-13(2-8-16)14-3-11-18(12-4-14)32(28,29)27-15-5-9-17(10-6-15)31-20(24,25)26/h1-12,27H. The summed E-state index contributed by atoms with van der Waals surface area (Å²) < 4.78 is 108. The van der Waals surface area contributed by atoms with Gasteiger partial charge < -0.3 is 9.47 Å². The van der Waals surface area contributed by atoms with Crippen molar-refractivity contribution in [3.63, 3.8) is 0 Å². The summed E-state index contributed by atoms with van der Waals surface area (Å²) in [6.45, 7) is 0. The van der Waals surface area contributed by atoms with Crippen LogP contribution >= 0.6 is 0 Å². The van der Waals surface area contributed by atoms with Gasteiger partial charge in [-0.05, 0) is 59.7 Å². The maximum atomic E-state index is 12.5. The van der Waals surface area contributed by atoms with Crippen LogP contribution in [0.2, 0.25) is 0 Å². The molecule has 0 bridgehead atoms. The number of nitrogens with one attached hydrogen (secondary N) is 1. The highest BCUT2D eigenvalue weighted by atomic mass is 32.2. The average molecular weight is 477 g/mol. The molecule has 12 heteroatoms. The molecule has 0 saturated heterocycles. The van der Waals surface area contributed by atoms with Crippen LogP contribution in [0.25, 0.3) is 11.1 Å². The zero-order valence-corrected chi connectivity index (χ0v) is 16.6. The minimum atomic E-state index is -4.87. The molecular weight excluding hydrogens is 464 g/mol. The monoisotopic (exact) mass is 477 g/mol. The first-order chi connectivity index (χ1) is 14.8. The highest BCUT2D eigenvalue weighted by Gasteiger charge is 2.31. The smallest absolute Gasteiger partial charge is 0.406 e. The molecule has 0 aliphatic rings. The van der Waals surface area contributed by atoms with Crippen molar-refractivity contribution in [2.45, 2.75) is 17.6 Å². The van der Waals surface area contributed by atoms with Gasteiger partial charge in [0.15, 0.2) is 0 Å². The Labute approximate surface area is 178 Å². The van der Waals surface area contributed by atoms with Gasteiger partial charge in [-0.25, -0.2) is 8.42 Å². The Bertz CT molecular complexity index is 1160. The van der Waals surface area contributed by atoms with Crippen molar-refractivity contribution in [2.75, 3.05) is 4.72 Å². The second-order valence-corrected chi connectivity index (χ2v) is 7.96. The van der Waals surface area contributed by atoms with E-state index in [-0.39, 0.29) is 10.6 Å². The van der Waals surface area contributed by atoms with Crippen molar-refractivity contribution in [3.8, 4) is 22.6 Å². The molecule has 0 aliphatic heterocycles. The van der Waals surface area contributed by atoms with Crippen LogP contribution in [0.4, 0.5) is 32.0 Å².